The number of hydrogen-bond donors (Lipinski definition) is 0. The van der Waals surface area contributed by atoms with Crippen molar-refractivity contribution in [2.24, 2.45) is 0 Å². The molecule has 4 rings (SSSR count). The van der Waals surface area contributed by atoms with E-state index in [0.717, 1.165) is 48.5 Å². The van der Waals surface area contributed by atoms with E-state index in [1.807, 2.05) is 66.4 Å². The molecular weight excluding hydrogens is 336 g/mol. The maximum Gasteiger partial charge on any atom is 0.254 e. The topological polar surface area (TPSA) is 59.0 Å². The van der Waals surface area contributed by atoms with Gasteiger partial charge in [0.05, 0.1) is 23.1 Å². The number of aryl methyl sites for hydroxylation is 1. The Labute approximate surface area is 159 Å². The molecule has 1 aliphatic rings. The van der Waals surface area contributed by atoms with Crippen LogP contribution in [0.25, 0.3) is 11.3 Å². The Morgan fingerprint density at radius 3 is 2.56 bits per heavy atom. The van der Waals surface area contributed by atoms with Crippen molar-refractivity contribution >= 4 is 5.91 Å². The molecule has 3 heterocycles. The third-order valence-electron chi connectivity index (χ3n) is 5.02. The number of rotatable bonds is 3. The van der Waals surface area contributed by atoms with Gasteiger partial charge in [0.15, 0.2) is 0 Å². The summed E-state index contributed by atoms with van der Waals surface area (Å²) in [6.07, 6.45) is 4.91. The highest BCUT2D eigenvalue weighted by Crippen LogP contribution is 2.31. The third kappa shape index (κ3) is 3.72. The minimum atomic E-state index is 0.0510. The minimum Gasteiger partial charge on any atom is -0.330 e. The molecule has 5 nitrogen and oxygen atoms in total. The van der Waals surface area contributed by atoms with Crippen LogP contribution in [0, 0.1) is 6.92 Å². The van der Waals surface area contributed by atoms with Gasteiger partial charge < -0.3 is 4.90 Å². The Hall–Kier alpha value is -3.08. The first-order chi connectivity index (χ1) is 13.2. The first-order valence-corrected chi connectivity index (χ1v) is 9.35. The van der Waals surface area contributed by atoms with E-state index < -0.39 is 0 Å². The molecule has 136 valence electrons. The van der Waals surface area contributed by atoms with Gasteiger partial charge in [0.1, 0.15) is 0 Å². The molecule has 3 aromatic rings. The SMILES string of the molecule is Cc1ccc(-c2ccc(C(=O)N3CCCC[C@@H]3c3ccccn3)cc2)nn1. The summed E-state index contributed by atoms with van der Waals surface area (Å²) in [7, 11) is 0. The summed E-state index contributed by atoms with van der Waals surface area (Å²) in [6.45, 7) is 2.68. The highest BCUT2D eigenvalue weighted by molar-refractivity contribution is 5.95. The van der Waals surface area contributed by atoms with Crippen LogP contribution in [0.15, 0.2) is 60.8 Å². The van der Waals surface area contributed by atoms with E-state index >= 15 is 0 Å². The zero-order valence-corrected chi connectivity index (χ0v) is 15.4. The second-order valence-corrected chi connectivity index (χ2v) is 6.90. The highest BCUT2D eigenvalue weighted by Gasteiger charge is 2.29. The predicted molar refractivity (Wildman–Crippen MR) is 104 cm³/mol. The number of carbonyl (C=O) groups is 1. The number of aromatic nitrogens is 3. The lowest BCUT2D eigenvalue weighted by Gasteiger charge is -2.35. The molecule has 1 atom stereocenters. The molecule has 0 bridgehead atoms. The predicted octanol–water partition coefficient (Wildman–Crippen LogP) is 4.21. The quantitative estimate of drug-likeness (QED) is 0.703. The number of likely N-dealkylation sites (tertiary alicyclic amines) is 1. The van der Waals surface area contributed by atoms with Gasteiger partial charge in [0.25, 0.3) is 5.91 Å². The maximum absolute atomic E-state index is 13.1. The summed E-state index contributed by atoms with van der Waals surface area (Å²) >= 11 is 0. The van der Waals surface area contributed by atoms with Gasteiger partial charge in [-0.2, -0.15) is 10.2 Å². The van der Waals surface area contributed by atoms with Crippen molar-refractivity contribution in [1.29, 1.82) is 0 Å². The van der Waals surface area contributed by atoms with E-state index in [-0.39, 0.29) is 11.9 Å². The van der Waals surface area contributed by atoms with Gasteiger partial charge in [0.2, 0.25) is 0 Å². The smallest absolute Gasteiger partial charge is 0.254 e. The van der Waals surface area contributed by atoms with E-state index in [2.05, 4.69) is 15.2 Å². The van der Waals surface area contributed by atoms with Crippen LogP contribution in [-0.4, -0.2) is 32.5 Å². The van der Waals surface area contributed by atoms with E-state index in [9.17, 15) is 4.79 Å². The molecule has 27 heavy (non-hydrogen) atoms. The van der Waals surface area contributed by atoms with Gasteiger partial charge in [-0.3, -0.25) is 9.78 Å². The molecule has 1 saturated heterocycles. The Morgan fingerprint density at radius 2 is 1.85 bits per heavy atom. The fraction of sp³-hybridized carbons (Fsp3) is 0.273. The molecule has 0 radical (unpaired) electrons. The first-order valence-electron chi connectivity index (χ1n) is 9.35. The standard InChI is InChI=1S/C22H22N4O/c1-16-8-13-19(25-24-16)17-9-11-18(12-10-17)22(27)26-15-5-3-7-21(26)20-6-2-4-14-23-20/h2,4,6,8-14,21H,3,5,7,15H2,1H3/t21-/m1/s1. The zero-order valence-electron chi connectivity index (χ0n) is 15.4. The Kier molecular flexibility index (Phi) is 4.92. The number of piperidine rings is 1. The van der Waals surface area contributed by atoms with Crippen LogP contribution in [0.2, 0.25) is 0 Å². The Bertz CT molecular complexity index is 907. The van der Waals surface area contributed by atoms with Crippen LogP contribution in [-0.2, 0) is 0 Å². The normalized spacial score (nSPS) is 16.9. The van der Waals surface area contributed by atoms with Crippen molar-refractivity contribution in [1.82, 2.24) is 20.1 Å². The molecule has 5 heteroatoms. The lowest BCUT2D eigenvalue weighted by Crippen LogP contribution is -2.38. The number of amides is 1. The fourth-order valence-corrected chi connectivity index (χ4v) is 3.56. The molecule has 0 aliphatic carbocycles. The summed E-state index contributed by atoms with van der Waals surface area (Å²) in [5.41, 5.74) is 4.32. The average molecular weight is 358 g/mol. The van der Waals surface area contributed by atoms with Gasteiger partial charge in [-0.15, -0.1) is 0 Å². The minimum absolute atomic E-state index is 0.0510. The Balaban J connectivity index is 1.57. The summed E-state index contributed by atoms with van der Waals surface area (Å²) in [6, 6.07) is 17.5. The summed E-state index contributed by atoms with van der Waals surface area (Å²) in [5.74, 6) is 0.0619. The molecule has 1 aromatic carbocycles. The van der Waals surface area contributed by atoms with Crippen molar-refractivity contribution in [3.8, 4) is 11.3 Å². The van der Waals surface area contributed by atoms with Crippen LogP contribution in [0.1, 0.15) is 47.1 Å². The molecule has 2 aromatic heterocycles. The Morgan fingerprint density at radius 1 is 1.00 bits per heavy atom. The summed E-state index contributed by atoms with van der Waals surface area (Å²) in [4.78, 5) is 19.6. The second-order valence-electron chi connectivity index (χ2n) is 6.90. The van der Waals surface area contributed by atoms with E-state index in [0.29, 0.717) is 5.56 Å². The van der Waals surface area contributed by atoms with Gasteiger partial charge >= 0.3 is 0 Å². The van der Waals surface area contributed by atoms with Crippen LogP contribution < -0.4 is 0 Å². The zero-order chi connectivity index (χ0) is 18.6. The van der Waals surface area contributed by atoms with Crippen LogP contribution in [0.3, 0.4) is 0 Å². The van der Waals surface area contributed by atoms with Crippen molar-refractivity contribution in [3.05, 3.63) is 77.7 Å². The number of pyridine rings is 1. The molecule has 0 N–H and O–H groups in total. The molecule has 1 fully saturated rings. The summed E-state index contributed by atoms with van der Waals surface area (Å²) in [5, 5.41) is 8.31. The van der Waals surface area contributed by atoms with Crippen LogP contribution in [0.5, 0.6) is 0 Å². The van der Waals surface area contributed by atoms with Crippen molar-refractivity contribution in [2.75, 3.05) is 6.54 Å². The molecule has 1 aliphatic heterocycles. The first kappa shape index (κ1) is 17.3. The van der Waals surface area contributed by atoms with Crippen molar-refractivity contribution < 1.29 is 4.79 Å². The van der Waals surface area contributed by atoms with Gasteiger partial charge in [-0.1, -0.05) is 18.2 Å². The van der Waals surface area contributed by atoms with Crippen LogP contribution >= 0.6 is 0 Å². The van der Waals surface area contributed by atoms with E-state index in [4.69, 9.17) is 0 Å². The summed E-state index contributed by atoms with van der Waals surface area (Å²) < 4.78 is 0. The number of carbonyl (C=O) groups excluding carboxylic acids is 1. The average Bonchev–Trinajstić information content (AvgIpc) is 2.74. The lowest BCUT2D eigenvalue weighted by atomic mass is 9.97. The number of benzene rings is 1. The third-order valence-corrected chi connectivity index (χ3v) is 5.02. The van der Waals surface area contributed by atoms with Crippen molar-refractivity contribution in [3.63, 3.8) is 0 Å². The largest absolute Gasteiger partial charge is 0.330 e. The monoisotopic (exact) mass is 358 g/mol. The molecular formula is C22H22N4O. The van der Waals surface area contributed by atoms with Gasteiger partial charge in [-0.05, 0) is 62.6 Å². The van der Waals surface area contributed by atoms with E-state index in [1.54, 1.807) is 6.20 Å². The molecule has 0 unspecified atom stereocenters. The molecule has 1 amide bonds. The number of hydrogen-bond acceptors (Lipinski definition) is 4. The van der Waals surface area contributed by atoms with Gasteiger partial charge in [0, 0.05) is 23.9 Å². The number of nitrogens with zero attached hydrogens (tertiary/aromatic N) is 4. The van der Waals surface area contributed by atoms with Gasteiger partial charge in [-0.25, -0.2) is 0 Å². The fourth-order valence-electron chi connectivity index (χ4n) is 3.56. The van der Waals surface area contributed by atoms with E-state index in [1.165, 1.54) is 0 Å². The highest BCUT2D eigenvalue weighted by atomic mass is 16.2. The maximum atomic E-state index is 13.1. The second kappa shape index (κ2) is 7.66. The molecule has 0 spiro atoms. The lowest BCUT2D eigenvalue weighted by molar-refractivity contribution is 0.0606. The van der Waals surface area contributed by atoms with Crippen LogP contribution in [0.4, 0.5) is 0 Å². The molecule has 0 saturated carbocycles. The van der Waals surface area contributed by atoms with Crippen molar-refractivity contribution in [2.45, 2.75) is 32.2 Å².